The van der Waals surface area contributed by atoms with Gasteiger partial charge in [0.15, 0.2) is 0 Å². The SMILES string of the molecule is CC1(c2ccc(Cl)cc2Cl)NC(=O)N(CCOc2cccc(F)c2)C1=O. The molecule has 136 valence electrons. The quantitative estimate of drug-likeness (QED) is 0.777. The summed E-state index contributed by atoms with van der Waals surface area (Å²) >= 11 is 12.1. The lowest BCUT2D eigenvalue weighted by Crippen LogP contribution is -2.41. The second-order valence-corrected chi connectivity index (χ2v) is 6.79. The summed E-state index contributed by atoms with van der Waals surface area (Å²) in [6.45, 7) is 1.63. The predicted octanol–water partition coefficient (Wildman–Crippen LogP) is 3.98. The van der Waals surface area contributed by atoms with Gasteiger partial charge in [0.25, 0.3) is 5.91 Å². The molecule has 1 atom stereocenters. The maximum absolute atomic E-state index is 13.1. The van der Waals surface area contributed by atoms with Gasteiger partial charge in [0.05, 0.1) is 6.54 Å². The Balaban J connectivity index is 1.72. The van der Waals surface area contributed by atoms with Crippen LogP contribution in [-0.4, -0.2) is 30.0 Å². The number of imide groups is 1. The lowest BCUT2D eigenvalue weighted by Gasteiger charge is -2.23. The van der Waals surface area contributed by atoms with Crippen molar-refractivity contribution in [3.63, 3.8) is 0 Å². The van der Waals surface area contributed by atoms with E-state index < -0.39 is 23.3 Å². The van der Waals surface area contributed by atoms with Gasteiger partial charge in [0, 0.05) is 21.7 Å². The lowest BCUT2D eigenvalue weighted by atomic mass is 9.92. The Hall–Kier alpha value is -2.31. The highest BCUT2D eigenvalue weighted by atomic mass is 35.5. The molecule has 0 radical (unpaired) electrons. The van der Waals surface area contributed by atoms with Crippen LogP contribution in [0.15, 0.2) is 42.5 Å². The highest BCUT2D eigenvalue weighted by Crippen LogP contribution is 2.34. The van der Waals surface area contributed by atoms with Crippen LogP contribution in [0, 0.1) is 5.82 Å². The number of halogens is 3. The third-order valence-electron chi connectivity index (χ3n) is 4.12. The smallest absolute Gasteiger partial charge is 0.325 e. The number of urea groups is 1. The van der Waals surface area contributed by atoms with Crippen LogP contribution in [0.5, 0.6) is 5.75 Å². The molecule has 1 aliphatic rings. The number of carbonyl (C=O) groups is 2. The van der Waals surface area contributed by atoms with Crippen LogP contribution in [0.3, 0.4) is 0 Å². The number of amides is 3. The minimum absolute atomic E-state index is 0.0159. The summed E-state index contributed by atoms with van der Waals surface area (Å²) in [5, 5.41) is 3.37. The topological polar surface area (TPSA) is 58.6 Å². The van der Waals surface area contributed by atoms with Gasteiger partial charge in [-0.3, -0.25) is 9.69 Å². The number of hydrogen-bond acceptors (Lipinski definition) is 3. The van der Waals surface area contributed by atoms with E-state index in [2.05, 4.69) is 5.32 Å². The monoisotopic (exact) mass is 396 g/mol. The molecule has 1 unspecified atom stereocenters. The molecule has 0 aromatic heterocycles. The van der Waals surface area contributed by atoms with E-state index in [0.29, 0.717) is 16.3 Å². The Labute approximate surface area is 159 Å². The molecule has 1 heterocycles. The van der Waals surface area contributed by atoms with Gasteiger partial charge in [-0.2, -0.15) is 0 Å². The summed E-state index contributed by atoms with van der Waals surface area (Å²) in [6, 6.07) is 9.79. The molecule has 8 heteroatoms. The first-order chi connectivity index (χ1) is 12.3. The first kappa shape index (κ1) is 18.5. The third kappa shape index (κ3) is 3.48. The molecule has 26 heavy (non-hydrogen) atoms. The molecule has 1 aliphatic heterocycles. The van der Waals surface area contributed by atoms with Crippen LogP contribution in [-0.2, 0) is 10.3 Å². The third-order valence-corrected chi connectivity index (χ3v) is 4.67. The maximum atomic E-state index is 13.1. The second-order valence-electron chi connectivity index (χ2n) is 5.94. The Morgan fingerprint density at radius 3 is 2.65 bits per heavy atom. The van der Waals surface area contributed by atoms with Gasteiger partial charge in [-0.05, 0) is 31.2 Å². The molecular weight excluding hydrogens is 382 g/mol. The summed E-state index contributed by atoms with van der Waals surface area (Å²) in [5.41, 5.74) is -0.840. The number of nitrogens with zero attached hydrogens (tertiary/aromatic N) is 1. The molecule has 0 aliphatic carbocycles. The van der Waals surface area contributed by atoms with E-state index in [9.17, 15) is 14.0 Å². The van der Waals surface area contributed by atoms with Gasteiger partial charge >= 0.3 is 6.03 Å². The van der Waals surface area contributed by atoms with Crippen LogP contribution in [0.25, 0.3) is 0 Å². The first-order valence-corrected chi connectivity index (χ1v) is 8.55. The zero-order chi connectivity index (χ0) is 18.9. The zero-order valence-electron chi connectivity index (χ0n) is 13.8. The van der Waals surface area contributed by atoms with Crippen molar-refractivity contribution in [2.24, 2.45) is 0 Å². The van der Waals surface area contributed by atoms with E-state index >= 15 is 0 Å². The van der Waals surface area contributed by atoms with Crippen LogP contribution in [0.2, 0.25) is 10.0 Å². The molecule has 2 aromatic carbocycles. The van der Waals surface area contributed by atoms with E-state index in [1.54, 1.807) is 25.1 Å². The largest absolute Gasteiger partial charge is 0.492 e. The van der Waals surface area contributed by atoms with Crippen LogP contribution >= 0.6 is 23.2 Å². The van der Waals surface area contributed by atoms with Gasteiger partial charge in [-0.1, -0.05) is 35.3 Å². The minimum atomic E-state index is -1.29. The van der Waals surface area contributed by atoms with E-state index in [0.717, 1.165) is 4.90 Å². The Bertz CT molecular complexity index is 877. The zero-order valence-corrected chi connectivity index (χ0v) is 15.3. The molecule has 3 rings (SSSR count). The van der Waals surface area contributed by atoms with Crippen molar-refractivity contribution in [1.82, 2.24) is 10.2 Å². The van der Waals surface area contributed by atoms with E-state index in [1.807, 2.05) is 0 Å². The van der Waals surface area contributed by atoms with E-state index in [-0.39, 0.29) is 18.2 Å². The summed E-state index contributed by atoms with van der Waals surface area (Å²) < 4.78 is 18.5. The van der Waals surface area contributed by atoms with Gasteiger partial charge in [-0.15, -0.1) is 0 Å². The Morgan fingerprint density at radius 1 is 1.19 bits per heavy atom. The fourth-order valence-electron chi connectivity index (χ4n) is 2.79. The molecule has 0 saturated carbocycles. The average Bonchev–Trinajstić information content (AvgIpc) is 2.78. The van der Waals surface area contributed by atoms with Crippen LogP contribution < -0.4 is 10.1 Å². The number of rotatable bonds is 5. The summed E-state index contributed by atoms with van der Waals surface area (Å²) in [6.07, 6.45) is 0. The molecule has 1 fully saturated rings. The molecule has 0 spiro atoms. The number of ether oxygens (including phenoxy) is 1. The van der Waals surface area contributed by atoms with E-state index in [1.165, 1.54) is 24.3 Å². The summed E-state index contributed by atoms with van der Waals surface area (Å²) in [4.78, 5) is 26.1. The van der Waals surface area contributed by atoms with Crippen molar-refractivity contribution < 1.29 is 18.7 Å². The summed E-state index contributed by atoms with van der Waals surface area (Å²) in [7, 11) is 0. The standard InChI is InChI=1S/C18H15Cl2FN2O3/c1-18(14-6-5-11(19)9-15(14)20)16(24)23(17(25)22-18)7-8-26-13-4-2-3-12(21)10-13/h2-6,9-10H,7-8H2,1H3,(H,22,25). The molecule has 5 nitrogen and oxygen atoms in total. The highest BCUT2D eigenvalue weighted by molar-refractivity contribution is 6.35. The van der Waals surface area contributed by atoms with Crippen molar-refractivity contribution >= 4 is 35.1 Å². The second kappa shape index (κ2) is 7.13. The fraction of sp³-hybridized carbons (Fsp3) is 0.222. The Kier molecular flexibility index (Phi) is 5.07. The Morgan fingerprint density at radius 2 is 1.96 bits per heavy atom. The molecule has 2 aromatic rings. The number of carbonyl (C=O) groups excluding carboxylic acids is 2. The van der Waals surface area contributed by atoms with Crippen molar-refractivity contribution in [2.45, 2.75) is 12.5 Å². The maximum Gasteiger partial charge on any atom is 0.325 e. The van der Waals surface area contributed by atoms with Gasteiger partial charge in [0.1, 0.15) is 23.7 Å². The van der Waals surface area contributed by atoms with Crippen molar-refractivity contribution in [2.75, 3.05) is 13.2 Å². The molecule has 1 saturated heterocycles. The fourth-order valence-corrected chi connectivity index (χ4v) is 3.39. The van der Waals surface area contributed by atoms with E-state index in [4.69, 9.17) is 27.9 Å². The molecule has 1 N–H and O–H groups in total. The summed E-state index contributed by atoms with van der Waals surface area (Å²) in [5.74, 6) is -0.558. The van der Waals surface area contributed by atoms with Crippen molar-refractivity contribution in [3.05, 3.63) is 63.9 Å². The van der Waals surface area contributed by atoms with Crippen molar-refractivity contribution in [3.8, 4) is 5.75 Å². The minimum Gasteiger partial charge on any atom is -0.492 e. The number of benzene rings is 2. The normalized spacial score (nSPS) is 19.6. The average molecular weight is 397 g/mol. The highest BCUT2D eigenvalue weighted by Gasteiger charge is 2.49. The predicted molar refractivity (Wildman–Crippen MR) is 96.0 cm³/mol. The lowest BCUT2D eigenvalue weighted by molar-refractivity contribution is -0.131. The van der Waals surface area contributed by atoms with Crippen LogP contribution in [0.4, 0.5) is 9.18 Å². The molecule has 0 bridgehead atoms. The van der Waals surface area contributed by atoms with Gasteiger partial charge in [0.2, 0.25) is 0 Å². The van der Waals surface area contributed by atoms with Crippen molar-refractivity contribution in [1.29, 1.82) is 0 Å². The van der Waals surface area contributed by atoms with Crippen LogP contribution in [0.1, 0.15) is 12.5 Å². The number of nitrogens with one attached hydrogen (secondary N) is 1. The van der Waals surface area contributed by atoms with Gasteiger partial charge in [-0.25, -0.2) is 9.18 Å². The van der Waals surface area contributed by atoms with Gasteiger partial charge < -0.3 is 10.1 Å². The molecule has 3 amide bonds. The first-order valence-electron chi connectivity index (χ1n) is 7.79. The number of hydrogen-bond donors (Lipinski definition) is 1. The molecular formula is C18H15Cl2FN2O3.